The van der Waals surface area contributed by atoms with E-state index < -0.39 is 12.2 Å². The summed E-state index contributed by atoms with van der Waals surface area (Å²) in [7, 11) is 0. The fourth-order valence-electron chi connectivity index (χ4n) is 5.12. The van der Waals surface area contributed by atoms with Crippen LogP contribution in [0, 0.1) is 0 Å². The summed E-state index contributed by atoms with van der Waals surface area (Å²) in [5.41, 5.74) is 4.23. The van der Waals surface area contributed by atoms with Crippen molar-refractivity contribution in [2.24, 2.45) is 0 Å². The summed E-state index contributed by atoms with van der Waals surface area (Å²) < 4.78 is 0. The summed E-state index contributed by atoms with van der Waals surface area (Å²) in [5, 5.41) is 19.9. The van der Waals surface area contributed by atoms with E-state index in [1.807, 2.05) is 97.1 Å². The Hall–Kier alpha value is -4.08. The predicted molar refractivity (Wildman–Crippen MR) is 188 cm³/mol. The molecular weight excluding hydrogens is 623 g/mol. The molecule has 0 aliphatic heterocycles. The molecule has 0 saturated carbocycles. The van der Waals surface area contributed by atoms with Crippen LogP contribution < -0.4 is 0 Å². The van der Waals surface area contributed by atoms with Gasteiger partial charge in [0, 0.05) is 65.4 Å². The zero-order valence-corrected chi connectivity index (χ0v) is 27.6. The van der Waals surface area contributed by atoms with Crippen molar-refractivity contribution in [3.63, 3.8) is 0 Å². The molecule has 46 heavy (non-hydrogen) atoms. The van der Waals surface area contributed by atoms with Crippen molar-refractivity contribution in [2.75, 3.05) is 39.3 Å². The van der Waals surface area contributed by atoms with Crippen LogP contribution in [0.3, 0.4) is 0 Å². The Labute approximate surface area is 284 Å². The molecule has 4 aromatic carbocycles. The van der Waals surface area contributed by atoms with E-state index >= 15 is 0 Å². The van der Waals surface area contributed by atoms with Crippen LogP contribution in [-0.4, -0.2) is 81.3 Å². The quantitative estimate of drug-likeness (QED) is 0.124. The Balaban J connectivity index is 0.00000368. The molecule has 0 heterocycles. The zero-order valence-electron chi connectivity index (χ0n) is 25.9. The molecule has 0 radical (unpaired) electrons. The largest absolute Gasteiger partial charge is 0.465 e. The first-order valence-corrected chi connectivity index (χ1v) is 15.0. The standard InChI is InChI=1S/C36H42N4O4.2ClH/c41-35(42)39(29-33-17-9-3-10-18-33)25-23-37(27-31-13-5-1-6-14-31)21-22-38(28-32-15-7-2-8-16-32)24-26-40(36(43)44)30-34-19-11-4-12-20-34;;/h1-20H,21-30H2,(H,41,42)(H,43,44);2*1H. The minimum absolute atomic E-state index is 0. The normalized spacial score (nSPS) is 10.6. The molecule has 4 rings (SSSR count). The maximum atomic E-state index is 12.1. The van der Waals surface area contributed by atoms with Gasteiger partial charge in [0.1, 0.15) is 0 Å². The second-order valence-corrected chi connectivity index (χ2v) is 10.9. The number of amides is 2. The van der Waals surface area contributed by atoms with Crippen molar-refractivity contribution in [3.8, 4) is 0 Å². The number of halogens is 2. The first-order valence-electron chi connectivity index (χ1n) is 15.0. The van der Waals surface area contributed by atoms with Crippen LogP contribution in [0.15, 0.2) is 121 Å². The molecule has 0 bridgehead atoms. The fourth-order valence-corrected chi connectivity index (χ4v) is 5.12. The molecule has 0 saturated heterocycles. The highest BCUT2D eigenvalue weighted by molar-refractivity contribution is 5.85. The van der Waals surface area contributed by atoms with Crippen LogP contribution in [0.4, 0.5) is 9.59 Å². The Morgan fingerprint density at radius 1 is 0.391 bits per heavy atom. The molecule has 10 heteroatoms. The first kappa shape index (κ1) is 38.1. The number of carboxylic acid groups (broad SMARTS) is 2. The molecule has 0 aliphatic rings. The van der Waals surface area contributed by atoms with Gasteiger partial charge in [-0.1, -0.05) is 121 Å². The summed E-state index contributed by atoms with van der Waals surface area (Å²) in [6.45, 7) is 5.34. The lowest BCUT2D eigenvalue weighted by molar-refractivity contribution is 0.120. The Kier molecular flexibility index (Phi) is 17.3. The molecule has 4 aromatic rings. The lowest BCUT2D eigenvalue weighted by Gasteiger charge is -2.31. The van der Waals surface area contributed by atoms with Crippen LogP contribution in [0.25, 0.3) is 0 Å². The fraction of sp³-hybridized carbons (Fsp3) is 0.278. The van der Waals surface area contributed by atoms with Crippen molar-refractivity contribution < 1.29 is 19.8 Å². The van der Waals surface area contributed by atoms with Gasteiger partial charge in [-0.25, -0.2) is 9.59 Å². The van der Waals surface area contributed by atoms with E-state index in [1.165, 1.54) is 9.80 Å². The minimum atomic E-state index is -0.939. The second-order valence-electron chi connectivity index (χ2n) is 10.9. The van der Waals surface area contributed by atoms with Crippen molar-refractivity contribution in [1.29, 1.82) is 0 Å². The van der Waals surface area contributed by atoms with Gasteiger partial charge in [0.15, 0.2) is 0 Å². The van der Waals surface area contributed by atoms with Gasteiger partial charge in [-0.3, -0.25) is 9.80 Å². The van der Waals surface area contributed by atoms with E-state index in [1.54, 1.807) is 0 Å². The highest BCUT2D eigenvalue weighted by Crippen LogP contribution is 2.11. The van der Waals surface area contributed by atoms with E-state index in [-0.39, 0.29) is 24.8 Å². The van der Waals surface area contributed by atoms with E-state index in [4.69, 9.17) is 0 Å². The van der Waals surface area contributed by atoms with Crippen LogP contribution in [0.1, 0.15) is 22.3 Å². The number of nitrogens with zero attached hydrogens (tertiary/aromatic N) is 4. The summed E-state index contributed by atoms with van der Waals surface area (Å²) in [4.78, 5) is 31.7. The summed E-state index contributed by atoms with van der Waals surface area (Å²) in [5.74, 6) is 0. The summed E-state index contributed by atoms with van der Waals surface area (Å²) in [6, 6.07) is 39.7. The average molecular weight is 668 g/mol. The van der Waals surface area contributed by atoms with Gasteiger partial charge >= 0.3 is 12.2 Å². The Morgan fingerprint density at radius 3 is 0.891 bits per heavy atom. The first-order chi connectivity index (χ1) is 21.5. The highest BCUT2D eigenvalue weighted by atomic mass is 35.5. The highest BCUT2D eigenvalue weighted by Gasteiger charge is 2.18. The molecule has 2 amide bonds. The van der Waals surface area contributed by atoms with Gasteiger partial charge in [0.2, 0.25) is 0 Å². The number of hydrogen-bond acceptors (Lipinski definition) is 4. The predicted octanol–water partition coefficient (Wildman–Crippen LogP) is 7.19. The van der Waals surface area contributed by atoms with Crippen molar-refractivity contribution in [3.05, 3.63) is 144 Å². The van der Waals surface area contributed by atoms with Gasteiger partial charge in [0.05, 0.1) is 0 Å². The molecule has 0 atom stereocenters. The number of hydrogen-bond donors (Lipinski definition) is 2. The smallest absolute Gasteiger partial charge is 0.407 e. The van der Waals surface area contributed by atoms with E-state index in [0.29, 0.717) is 65.4 Å². The van der Waals surface area contributed by atoms with Gasteiger partial charge in [-0.05, 0) is 22.3 Å². The lowest BCUT2D eigenvalue weighted by atomic mass is 10.2. The summed E-state index contributed by atoms with van der Waals surface area (Å²) >= 11 is 0. The molecule has 0 aliphatic carbocycles. The molecule has 2 N–H and O–H groups in total. The van der Waals surface area contributed by atoms with E-state index in [0.717, 1.165) is 22.3 Å². The van der Waals surface area contributed by atoms with E-state index in [2.05, 4.69) is 34.1 Å². The Bertz CT molecular complexity index is 1290. The average Bonchev–Trinajstić information content (AvgIpc) is 3.05. The topological polar surface area (TPSA) is 87.6 Å². The molecule has 0 spiro atoms. The Morgan fingerprint density at radius 2 is 0.630 bits per heavy atom. The third-order valence-electron chi connectivity index (χ3n) is 7.58. The number of rotatable bonds is 17. The summed E-state index contributed by atoms with van der Waals surface area (Å²) in [6.07, 6.45) is -1.88. The van der Waals surface area contributed by atoms with Crippen molar-refractivity contribution in [1.82, 2.24) is 19.6 Å². The lowest BCUT2D eigenvalue weighted by Crippen LogP contribution is -2.42. The number of carbonyl (C=O) groups is 2. The monoisotopic (exact) mass is 666 g/mol. The van der Waals surface area contributed by atoms with Gasteiger partial charge in [-0.2, -0.15) is 0 Å². The minimum Gasteiger partial charge on any atom is -0.465 e. The van der Waals surface area contributed by atoms with Crippen molar-refractivity contribution >= 4 is 37.0 Å². The third-order valence-corrected chi connectivity index (χ3v) is 7.58. The maximum Gasteiger partial charge on any atom is 0.407 e. The SMILES string of the molecule is Cl.Cl.O=C(O)N(CCN(CCN(CCN(Cc1ccccc1)C(=O)O)Cc1ccccc1)Cc1ccccc1)Cc1ccccc1. The van der Waals surface area contributed by atoms with Crippen molar-refractivity contribution in [2.45, 2.75) is 26.2 Å². The van der Waals surface area contributed by atoms with Crippen LogP contribution in [0.2, 0.25) is 0 Å². The molecule has 0 unspecified atom stereocenters. The third kappa shape index (κ3) is 13.5. The van der Waals surface area contributed by atoms with Gasteiger partial charge in [-0.15, -0.1) is 24.8 Å². The van der Waals surface area contributed by atoms with Gasteiger partial charge in [0.25, 0.3) is 0 Å². The van der Waals surface area contributed by atoms with E-state index in [9.17, 15) is 19.8 Å². The number of benzene rings is 4. The second kappa shape index (κ2) is 20.9. The van der Waals surface area contributed by atoms with Gasteiger partial charge < -0.3 is 20.0 Å². The maximum absolute atomic E-state index is 12.1. The zero-order chi connectivity index (χ0) is 31.0. The molecule has 8 nitrogen and oxygen atoms in total. The van der Waals surface area contributed by atoms with Crippen LogP contribution >= 0.6 is 24.8 Å². The molecule has 246 valence electrons. The molecular formula is C36H44Cl2N4O4. The van der Waals surface area contributed by atoms with Crippen LogP contribution in [-0.2, 0) is 26.2 Å². The van der Waals surface area contributed by atoms with Crippen LogP contribution in [0.5, 0.6) is 0 Å². The molecule has 0 aromatic heterocycles. The molecule has 0 fully saturated rings.